The molecule has 0 heterocycles. The van der Waals surface area contributed by atoms with E-state index in [0.717, 1.165) is 0 Å². The van der Waals surface area contributed by atoms with E-state index in [4.69, 9.17) is 9.47 Å². The van der Waals surface area contributed by atoms with Crippen LogP contribution in [0.15, 0.2) is 0 Å². The number of carbonyl (C=O) groups excluding carboxylic acids is 2. The van der Waals surface area contributed by atoms with E-state index in [1.54, 1.807) is 46.7 Å². The Hall–Kier alpha value is -1.14. The fraction of sp³-hybridized carbons (Fsp3) is 0.875. The molecule has 0 spiro atoms. The van der Waals surface area contributed by atoms with Crippen LogP contribution >= 0.6 is 0 Å². The highest BCUT2D eigenvalue weighted by molar-refractivity contribution is 5.87. The second-order valence-corrected chi connectivity index (χ2v) is 6.05. The molecule has 0 N–H and O–H groups in total. The van der Waals surface area contributed by atoms with Crippen LogP contribution in [-0.2, 0) is 19.1 Å². The SMILES string of the molecule is CCN(CC)C(C(=O)OC(C)C)C(C(=O)OC(C)C)N(C)C. The van der Waals surface area contributed by atoms with Gasteiger partial charge in [0, 0.05) is 0 Å². The van der Waals surface area contributed by atoms with Gasteiger partial charge in [-0.25, -0.2) is 0 Å². The maximum atomic E-state index is 12.6. The molecule has 0 aliphatic heterocycles. The van der Waals surface area contributed by atoms with Crippen molar-refractivity contribution >= 4 is 11.9 Å². The Bertz CT molecular complexity index is 352. The summed E-state index contributed by atoms with van der Waals surface area (Å²) >= 11 is 0. The summed E-state index contributed by atoms with van der Waals surface area (Å²) in [5.41, 5.74) is 0. The van der Waals surface area contributed by atoms with Crippen LogP contribution in [0.2, 0.25) is 0 Å². The summed E-state index contributed by atoms with van der Waals surface area (Å²) < 4.78 is 10.7. The predicted molar refractivity (Wildman–Crippen MR) is 86.6 cm³/mol. The van der Waals surface area contributed by atoms with E-state index < -0.39 is 24.0 Å². The minimum atomic E-state index is -0.700. The zero-order valence-corrected chi connectivity index (χ0v) is 15.3. The summed E-state index contributed by atoms with van der Waals surface area (Å²) in [6.07, 6.45) is -0.456. The second-order valence-electron chi connectivity index (χ2n) is 6.05. The van der Waals surface area contributed by atoms with Gasteiger partial charge in [-0.05, 0) is 54.9 Å². The van der Waals surface area contributed by atoms with Gasteiger partial charge in [-0.1, -0.05) is 13.8 Å². The Morgan fingerprint density at radius 2 is 1.18 bits per heavy atom. The Morgan fingerprint density at radius 3 is 1.45 bits per heavy atom. The van der Waals surface area contributed by atoms with Crippen molar-refractivity contribution in [3.8, 4) is 0 Å². The molecule has 0 saturated heterocycles. The third-order valence-corrected chi connectivity index (χ3v) is 3.25. The van der Waals surface area contributed by atoms with Crippen molar-refractivity contribution in [3.63, 3.8) is 0 Å². The third kappa shape index (κ3) is 6.32. The smallest absolute Gasteiger partial charge is 0.325 e. The lowest BCUT2D eigenvalue weighted by atomic mass is 10.1. The van der Waals surface area contributed by atoms with Gasteiger partial charge in [0.1, 0.15) is 12.1 Å². The summed E-state index contributed by atoms with van der Waals surface area (Å²) in [6.45, 7) is 12.4. The number of likely N-dealkylation sites (N-methyl/N-ethyl adjacent to an activating group) is 2. The molecule has 130 valence electrons. The molecule has 0 aliphatic carbocycles. The molecule has 0 aromatic rings. The maximum absolute atomic E-state index is 12.6. The predicted octanol–water partition coefficient (Wildman–Crippen LogP) is 1.53. The summed E-state index contributed by atoms with van der Waals surface area (Å²) in [4.78, 5) is 28.7. The number of carbonyl (C=O) groups is 2. The molecule has 0 fully saturated rings. The van der Waals surface area contributed by atoms with Crippen molar-refractivity contribution in [2.24, 2.45) is 0 Å². The minimum Gasteiger partial charge on any atom is -0.462 e. The molecule has 6 heteroatoms. The number of rotatable bonds is 9. The Labute approximate surface area is 134 Å². The van der Waals surface area contributed by atoms with Gasteiger partial charge in [0.25, 0.3) is 0 Å². The quantitative estimate of drug-likeness (QED) is 0.601. The lowest BCUT2D eigenvalue weighted by molar-refractivity contribution is -0.167. The van der Waals surface area contributed by atoms with Crippen molar-refractivity contribution in [2.45, 2.75) is 65.8 Å². The number of esters is 2. The molecular weight excluding hydrogens is 284 g/mol. The summed E-state index contributed by atoms with van der Waals surface area (Å²) in [5, 5.41) is 0. The first-order chi connectivity index (χ1) is 10.1. The van der Waals surface area contributed by atoms with Crippen LogP contribution in [0.1, 0.15) is 41.5 Å². The van der Waals surface area contributed by atoms with Crippen LogP contribution in [0.25, 0.3) is 0 Å². The summed E-state index contributed by atoms with van der Waals surface area (Å²) in [5.74, 6) is -0.796. The van der Waals surface area contributed by atoms with Crippen LogP contribution in [0.4, 0.5) is 0 Å². The lowest BCUT2D eigenvalue weighted by Crippen LogP contribution is -2.58. The van der Waals surface area contributed by atoms with Crippen LogP contribution in [0.5, 0.6) is 0 Å². The van der Waals surface area contributed by atoms with Gasteiger partial charge >= 0.3 is 11.9 Å². The largest absolute Gasteiger partial charge is 0.462 e. The summed E-state index contributed by atoms with van der Waals surface area (Å²) in [7, 11) is 3.54. The molecule has 0 aromatic carbocycles. The molecule has 0 aromatic heterocycles. The van der Waals surface area contributed by atoms with Crippen molar-refractivity contribution in [1.82, 2.24) is 9.80 Å². The van der Waals surface area contributed by atoms with Gasteiger partial charge in [-0.15, -0.1) is 0 Å². The van der Waals surface area contributed by atoms with E-state index in [2.05, 4.69) is 0 Å². The molecule has 0 aliphatic rings. The number of nitrogens with zero attached hydrogens (tertiary/aromatic N) is 2. The van der Waals surface area contributed by atoms with Gasteiger partial charge in [-0.2, -0.15) is 0 Å². The molecule has 0 saturated carbocycles. The van der Waals surface area contributed by atoms with Gasteiger partial charge in [0.15, 0.2) is 0 Å². The number of ether oxygens (including phenoxy) is 2. The second kappa shape index (κ2) is 9.79. The average molecular weight is 316 g/mol. The Kier molecular flexibility index (Phi) is 9.28. The zero-order valence-electron chi connectivity index (χ0n) is 15.3. The first-order valence-electron chi connectivity index (χ1n) is 7.97. The van der Waals surface area contributed by atoms with Crippen LogP contribution in [0.3, 0.4) is 0 Å². The molecule has 2 unspecified atom stereocenters. The average Bonchev–Trinajstić information content (AvgIpc) is 2.36. The van der Waals surface area contributed by atoms with E-state index in [9.17, 15) is 9.59 Å². The van der Waals surface area contributed by atoms with Crippen molar-refractivity contribution in [2.75, 3.05) is 27.2 Å². The molecule has 22 heavy (non-hydrogen) atoms. The number of hydrogen-bond donors (Lipinski definition) is 0. The lowest BCUT2D eigenvalue weighted by Gasteiger charge is -2.36. The zero-order chi connectivity index (χ0) is 17.4. The van der Waals surface area contributed by atoms with Crippen molar-refractivity contribution in [3.05, 3.63) is 0 Å². The first-order valence-corrected chi connectivity index (χ1v) is 7.97. The van der Waals surface area contributed by atoms with E-state index in [0.29, 0.717) is 13.1 Å². The van der Waals surface area contributed by atoms with Crippen molar-refractivity contribution < 1.29 is 19.1 Å². The monoisotopic (exact) mass is 316 g/mol. The van der Waals surface area contributed by atoms with E-state index in [-0.39, 0.29) is 12.2 Å². The third-order valence-electron chi connectivity index (χ3n) is 3.25. The highest BCUT2D eigenvalue weighted by Crippen LogP contribution is 2.15. The Morgan fingerprint density at radius 1 is 0.818 bits per heavy atom. The normalized spacial score (nSPS) is 14.5. The van der Waals surface area contributed by atoms with Crippen LogP contribution < -0.4 is 0 Å². The minimum absolute atomic E-state index is 0.227. The highest BCUT2D eigenvalue weighted by atomic mass is 16.6. The maximum Gasteiger partial charge on any atom is 0.325 e. The molecule has 0 rings (SSSR count). The fourth-order valence-electron chi connectivity index (χ4n) is 2.32. The van der Waals surface area contributed by atoms with Gasteiger partial charge in [0.2, 0.25) is 0 Å². The first kappa shape index (κ1) is 20.9. The topological polar surface area (TPSA) is 59.1 Å². The standard InChI is InChI=1S/C16H32N2O4/c1-9-18(10-2)14(16(20)22-12(5)6)13(17(7)8)15(19)21-11(3)4/h11-14H,9-10H2,1-8H3. The van der Waals surface area contributed by atoms with Gasteiger partial charge < -0.3 is 9.47 Å². The Balaban J connectivity index is 5.55. The molecule has 0 amide bonds. The highest BCUT2D eigenvalue weighted by Gasteiger charge is 2.41. The molecular formula is C16H32N2O4. The molecule has 0 radical (unpaired) electrons. The van der Waals surface area contributed by atoms with Gasteiger partial charge in [-0.3, -0.25) is 19.4 Å². The fourth-order valence-corrected chi connectivity index (χ4v) is 2.32. The van der Waals surface area contributed by atoms with Crippen LogP contribution in [0, 0.1) is 0 Å². The number of hydrogen-bond acceptors (Lipinski definition) is 6. The van der Waals surface area contributed by atoms with E-state index in [1.165, 1.54) is 0 Å². The molecule has 2 atom stereocenters. The van der Waals surface area contributed by atoms with E-state index >= 15 is 0 Å². The van der Waals surface area contributed by atoms with Crippen LogP contribution in [-0.4, -0.2) is 73.2 Å². The van der Waals surface area contributed by atoms with E-state index in [1.807, 2.05) is 18.7 Å². The van der Waals surface area contributed by atoms with Crippen molar-refractivity contribution in [1.29, 1.82) is 0 Å². The summed E-state index contributed by atoms with van der Waals surface area (Å²) in [6, 6.07) is -1.38. The molecule has 0 bridgehead atoms. The molecule has 6 nitrogen and oxygen atoms in total. The van der Waals surface area contributed by atoms with Gasteiger partial charge in [0.05, 0.1) is 12.2 Å².